The molecule has 0 fully saturated rings. The average molecular weight is 277 g/mol. The van der Waals surface area contributed by atoms with Crippen LogP contribution in [0.15, 0.2) is 30.3 Å². The number of esters is 1. The van der Waals surface area contributed by atoms with Crippen LogP contribution in [-0.4, -0.2) is 18.6 Å². The Morgan fingerprint density at radius 2 is 1.80 bits per heavy atom. The first kappa shape index (κ1) is 16.5. The van der Waals surface area contributed by atoms with E-state index < -0.39 is 0 Å². The first-order valence-electron chi connectivity index (χ1n) is 7.76. The molecule has 3 nitrogen and oxygen atoms in total. The highest BCUT2D eigenvalue weighted by atomic mass is 16.5. The molecule has 1 aromatic rings. The molecule has 0 bridgehead atoms. The molecule has 0 saturated carbocycles. The molecule has 0 aromatic heterocycles. The average Bonchev–Trinajstić information content (AvgIpc) is 2.47. The van der Waals surface area contributed by atoms with Gasteiger partial charge in [0, 0.05) is 5.69 Å². The molecule has 1 aromatic carbocycles. The SMILES string of the molecule is CCCCCCCC(Nc1ccccc1)C(=O)OCC. The van der Waals surface area contributed by atoms with Crippen molar-refractivity contribution in [1.29, 1.82) is 0 Å². The third kappa shape index (κ3) is 6.60. The van der Waals surface area contributed by atoms with Crippen LogP contribution in [0.4, 0.5) is 5.69 Å². The molecule has 0 amide bonds. The van der Waals surface area contributed by atoms with Gasteiger partial charge in [-0.15, -0.1) is 0 Å². The molecule has 1 N–H and O–H groups in total. The number of para-hydroxylation sites is 1. The summed E-state index contributed by atoms with van der Waals surface area (Å²) in [6.45, 7) is 4.48. The number of hydrogen-bond donors (Lipinski definition) is 1. The lowest BCUT2D eigenvalue weighted by atomic mass is 10.1. The predicted molar refractivity (Wildman–Crippen MR) is 83.9 cm³/mol. The van der Waals surface area contributed by atoms with Crippen LogP contribution in [0.3, 0.4) is 0 Å². The fourth-order valence-corrected chi connectivity index (χ4v) is 2.18. The van der Waals surface area contributed by atoms with E-state index in [2.05, 4.69) is 12.2 Å². The quantitative estimate of drug-likeness (QED) is 0.509. The van der Waals surface area contributed by atoms with Crippen molar-refractivity contribution in [3.8, 4) is 0 Å². The largest absolute Gasteiger partial charge is 0.464 e. The number of rotatable bonds is 10. The van der Waals surface area contributed by atoms with Crippen LogP contribution >= 0.6 is 0 Å². The van der Waals surface area contributed by atoms with E-state index in [1.807, 2.05) is 37.3 Å². The number of hydrogen-bond acceptors (Lipinski definition) is 3. The molecule has 0 saturated heterocycles. The molecule has 0 aliphatic carbocycles. The Balaban J connectivity index is 2.45. The second-order valence-corrected chi connectivity index (χ2v) is 5.02. The Labute approximate surface area is 122 Å². The third-order valence-electron chi connectivity index (χ3n) is 3.28. The van der Waals surface area contributed by atoms with E-state index in [4.69, 9.17) is 4.74 Å². The lowest BCUT2D eigenvalue weighted by Crippen LogP contribution is -2.31. The zero-order valence-electron chi connectivity index (χ0n) is 12.7. The van der Waals surface area contributed by atoms with Crippen molar-refractivity contribution in [2.24, 2.45) is 0 Å². The summed E-state index contributed by atoms with van der Waals surface area (Å²) in [5.41, 5.74) is 0.971. The van der Waals surface area contributed by atoms with Gasteiger partial charge in [-0.05, 0) is 25.5 Å². The highest BCUT2D eigenvalue weighted by Crippen LogP contribution is 2.14. The normalized spacial score (nSPS) is 11.9. The lowest BCUT2D eigenvalue weighted by Gasteiger charge is -2.18. The van der Waals surface area contributed by atoms with Gasteiger partial charge in [0.15, 0.2) is 0 Å². The first-order chi connectivity index (χ1) is 9.77. The molecule has 0 aliphatic heterocycles. The van der Waals surface area contributed by atoms with E-state index >= 15 is 0 Å². The van der Waals surface area contributed by atoms with Gasteiger partial charge in [-0.1, -0.05) is 57.2 Å². The first-order valence-corrected chi connectivity index (χ1v) is 7.76. The minimum absolute atomic E-state index is 0.146. The minimum Gasteiger partial charge on any atom is -0.464 e. The van der Waals surface area contributed by atoms with E-state index in [1.165, 1.54) is 25.7 Å². The van der Waals surface area contributed by atoms with Crippen LogP contribution in [0.5, 0.6) is 0 Å². The summed E-state index contributed by atoms with van der Waals surface area (Å²) < 4.78 is 5.15. The van der Waals surface area contributed by atoms with Gasteiger partial charge in [-0.25, -0.2) is 4.79 Å². The molecule has 1 atom stereocenters. The van der Waals surface area contributed by atoms with E-state index in [-0.39, 0.29) is 12.0 Å². The van der Waals surface area contributed by atoms with Gasteiger partial charge in [0.05, 0.1) is 6.61 Å². The van der Waals surface area contributed by atoms with Crippen LogP contribution in [0.25, 0.3) is 0 Å². The number of unbranched alkanes of at least 4 members (excludes halogenated alkanes) is 4. The van der Waals surface area contributed by atoms with E-state index in [0.717, 1.165) is 18.5 Å². The Kier molecular flexibility index (Phi) is 8.52. The summed E-state index contributed by atoms with van der Waals surface area (Å²) in [6.07, 6.45) is 6.83. The topological polar surface area (TPSA) is 38.3 Å². The summed E-state index contributed by atoms with van der Waals surface area (Å²) in [4.78, 5) is 12.0. The third-order valence-corrected chi connectivity index (χ3v) is 3.28. The van der Waals surface area contributed by atoms with Crippen molar-refractivity contribution in [1.82, 2.24) is 0 Å². The number of benzene rings is 1. The van der Waals surface area contributed by atoms with Gasteiger partial charge in [0.1, 0.15) is 6.04 Å². The summed E-state index contributed by atoms with van der Waals surface area (Å²) in [5, 5.41) is 3.28. The minimum atomic E-state index is -0.237. The number of carbonyl (C=O) groups is 1. The maximum Gasteiger partial charge on any atom is 0.328 e. The molecular formula is C17H27NO2. The fourth-order valence-electron chi connectivity index (χ4n) is 2.18. The molecule has 1 rings (SSSR count). The van der Waals surface area contributed by atoms with Gasteiger partial charge >= 0.3 is 5.97 Å². The molecule has 0 radical (unpaired) electrons. The standard InChI is InChI=1S/C17H27NO2/c1-3-5-6-7-11-14-16(17(19)20-4-2)18-15-12-9-8-10-13-15/h8-10,12-13,16,18H,3-7,11,14H2,1-2H3. The van der Waals surface area contributed by atoms with Crippen molar-refractivity contribution in [2.45, 2.75) is 58.4 Å². The van der Waals surface area contributed by atoms with Crippen LogP contribution in [0.1, 0.15) is 52.4 Å². The van der Waals surface area contributed by atoms with Crippen molar-refractivity contribution in [3.05, 3.63) is 30.3 Å². The maximum absolute atomic E-state index is 12.0. The van der Waals surface area contributed by atoms with Gasteiger partial charge in [-0.3, -0.25) is 0 Å². The molecule has 0 heterocycles. The van der Waals surface area contributed by atoms with Crippen LogP contribution in [-0.2, 0) is 9.53 Å². The highest BCUT2D eigenvalue weighted by Gasteiger charge is 2.18. The Morgan fingerprint density at radius 1 is 1.10 bits per heavy atom. The number of anilines is 1. The molecule has 0 spiro atoms. The molecule has 1 unspecified atom stereocenters. The lowest BCUT2D eigenvalue weighted by molar-refractivity contribution is -0.144. The van der Waals surface area contributed by atoms with E-state index in [0.29, 0.717) is 6.61 Å². The monoisotopic (exact) mass is 277 g/mol. The smallest absolute Gasteiger partial charge is 0.328 e. The van der Waals surface area contributed by atoms with Crippen molar-refractivity contribution in [3.63, 3.8) is 0 Å². The zero-order valence-corrected chi connectivity index (χ0v) is 12.7. The van der Waals surface area contributed by atoms with Crippen LogP contribution in [0, 0.1) is 0 Å². The molecular weight excluding hydrogens is 250 g/mol. The van der Waals surface area contributed by atoms with Gasteiger partial charge in [0.2, 0.25) is 0 Å². The molecule has 112 valence electrons. The highest BCUT2D eigenvalue weighted by molar-refractivity contribution is 5.79. The summed E-state index contributed by atoms with van der Waals surface area (Å²) >= 11 is 0. The van der Waals surface area contributed by atoms with Gasteiger partial charge in [-0.2, -0.15) is 0 Å². The predicted octanol–water partition coefficient (Wildman–Crippen LogP) is 4.39. The summed E-state index contributed by atoms with van der Waals surface area (Å²) in [6, 6.07) is 9.61. The Bertz CT molecular complexity index is 365. The Hall–Kier alpha value is -1.51. The van der Waals surface area contributed by atoms with Crippen molar-refractivity contribution in [2.75, 3.05) is 11.9 Å². The second-order valence-electron chi connectivity index (χ2n) is 5.02. The fraction of sp³-hybridized carbons (Fsp3) is 0.588. The van der Waals surface area contributed by atoms with Crippen LogP contribution in [0.2, 0.25) is 0 Å². The van der Waals surface area contributed by atoms with E-state index in [1.54, 1.807) is 0 Å². The molecule has 20 heavy (non-hydrogen) atoms. The Morgan fingerprint density at radius 3 is 2.45 bits per heavy atom. The van der Waals surface area contributed by atoms with Crippen LogP contribution < -0.4 is 5.32 Å². The second kappa shape index (κ2) is 10.3. The van der Waals surface area contributed by atoms with Crippen molar-refractivity contribution >= 4 is 11.7 Å². The maximum atomic E-state index is 12.0. The van der Waals surface area contributed by atoms with Gasteiger partial charge < -0.3 is 10.1 Å². The number of carbonyl (C=O) groups excluding carboxylic acids is 1. The number of nitrogens with one attached hydrogen (secondary N) is 1. The summed E-state index contributed by atoms with van der Waals surface area (Å²) in [7, 11) is 0. The van der Waals surface area contributed by atoms with Crippen molar-refractivity contribution < 1.29 is 9.53 Å². The summed E-state index contributed by atoms with van der Waals surface area (Å²) in [5.74, 6) is -0.146. The zero-order chi connectivity index (χ0) is 14.6. The number of ether oxygens (including phenoxy) is 1. The molecule has 3 heteroatoms. The van der Waals surface area contributed by atoms with Gasteiger partial charge in [0.25, 0.3) is 0 Å². The molecule has 0 aliphatic rings. The van der Waals surface area contributed by atoms with E-state index in [9.17, 15) is 4.79 Å².